The van der Waals surface area contributed by atoms with Gasteiger partial charge in [0.05, 0.1) is 0 Å². The first kappa shape index (κ1) is 7.60. The lowest BCUT2D eigenvalue weighted by atomic mass is 9.96. The van der Waals surface area contributed by atoms with Crippen LogP contribution in [0.4, 0.5) is 0 Å². The molecular weight excluding hydrogens is 144 g/mol. The third kappa shape index (κ3) is 1.18. The van der Waals surface area contributed by atoms with E-state index in [-0.39, 0.29) is 0 Å². The van der Waals surface area contributed by atoms with Gasteiger partial charge in [-0.05, 0) is 19.4 Å². The average molecular weight is 156 g/mol. The molecule has 0 spiro atoms. The van der Waals surface area contributed by atoms with Crippen molar-refractivity contribution >= 4 is 0 Å². The SMILES string of the molecule is CC1=CC2C(C)=CC=CC=C2[C]1. The molecule has 0 N–H and O–H groups in total. The topological polar surface area (TPSA) is 0 Å². The van der Waals surface area contributed by atoms with Crippen molar-refractivity contribution in [2.24, 2.45) is 5.92 Å². The van der Waals surface area contributed by atoms with Crippen LogP contribution in [0.5, 0.6) is 0 Å². The van der Waals surface area contributed by atoms with E-state index < -0.39 is 0 Å². The number of hydrogen-bond acceptors (Lipinski definition) is 0. The van der Waals surface area contributed by atoms with Gasteiger partial charge in [-0.25, -0.2) is 0 Å². The summed E-state index contributed by atoms with van der Waals surface area (Å²) in [4.78, 5) is 0. The van der Waals surface area contributed by atoms with Gasteiger partial charge in [0.2, 0.25) is 0 Å². The maximum absolute atomic E-state index is 3.36. The van der Waals surface area contributed by atoms with Crippen molar-refractivity contribution in [2.75, 3.05) is 0 Å². The lowest BCUT2D eigenvalue weighted by Crippen LogP contribution is -1.96. The normalized spacial score (nSPS) is 27.2. The summed E-state index contributed by atoms with van der Waals surface area (Å²) in [5.74, 6) is 0.486. The first-order valence-electron chi connectivity index (χ1n) is 4.28. The van der Waals surface area contributed by atoms with Crippen molar-refractivity contribution in [3.8, 4) is 0 Å². The summed E-state index contributed by atoms with van der Waals surface area (Å²) in [6, 6.07) is 0. The molecule has 2 aliphatic rings. The summed E-state index contributed by atoms with van der Waals surface area (Å²) < 4.78 is 0. The summed E-state index contributed by atoms with van der Waals surface area (Å²) >= 11 is 0. The molecule has 0 bridgehead atoms. The molecule has 2 aliphatic carbocycles. The Bertz CT molecular complexity index is 311. The molecular formula is C12H12. The van der Waals surface area contributed by atoms with Crippen LogP contribution in [0.15, 0.2) is 47.1 Å². The molecule has 0 heteroatoms. The van der Waals surface area contributed by atoms with E-state index in [2.05, 4.69) is 50.6 Å². The second-order valence-electron chi connectivity index (χ2n) is 3.37. The van der Waals surface area contributed by atoms with E-state index in [1.54, 1.807) is 0 Å². The molecule has 1 atom stereocenters. The average Bonchev–Trinajstić information content (AvgIpc) is 2.33. The van der Waals surface area contributed by atoms with Gasteiger partial charge in [0.25, 0.3) is 0 Å². The molecule has 0 nitrogen and oxygen atoms in total. The zero-order valence-electron chi connectivity index (χ0n) is 7.46. The van der Waals surface area contributed by atoms with E-state index in [0.29, 0.717) is 5.92 Å². The Balaban J connectivity index is 2.40. The molecule has 0 aromatic heterocycles. The number of rotatable bonds is 0. The van der Waals surface area contributed by atoms with Gasteiger partial charge < -0.3 is 0 Å². The molecule has 2 rings (SSSR count). The molecule has 12 heavy (non-hydrogen) atoms. The van der Waals surface area contributed by atoms with Crippen LogP contribution >= 0.6 is 0 Å². The molecule has 0 aromatic carbocycles. The molecule has 1 unspecified atom stereocenters. The van der Waals surface area contributed by atoms with Gasteiger partial charge in [-0.1, -0.05) is 41.5 Å². The van der Waals surface area contributed by atoms with Crippen LogP contribution in [0.3, 0.4) is 0 Å². The Morgan fingerprint density at radius 2 is 1.92 bits per heavy atom. The largest absolute Gasteiger partial charge is 0.0734 e. The predicted octanol–water partition coefficient (Wildman–Crippen LogP) is 3.09. The third-order valence-corrected chi connectivity index (χ3v) is 2.33. The smallest absolute Gasteiger partial charge is 0.0417 e. The fourth-order valence-corrected chi connectivity index (χ4v) is 1.68. The second kappa shape index (κ2) is 2.78. The maximum Gasteiger partial charge on any atom is 0.0417 e. The number of hydrogen-bond donors (Lipinski definition) is 0. The van der Waals surface area contributed by atoms with Crippen molar-refractivity contribution in [1.82, 2.24) is 0 Å². The summed E-state index contributed by atoms with van der Waals surface area (Å²) in [7, 11) is 0. The predicted molar refractivity (Wildman–Crippen MR) is 51.5 cm³/mol. The second-order valence-corrected chi connectivity index (χ2v) is 3.37. The van der Waals surface area contributed by atoms with Crippen molar-refractivity contribution in [3.05, 3.63) is 53.5 Å². The van der Waals surface area contributed by atoms with Crippen molar-refractivity contribution in [2.45, 2.75) is 13.8 Å². The third-order valence-electron chi connectivity index (χ3n) is 2.33. The molecule has 0 heterocycles. The van der Waals surface area contributed by atoms with Gasteiger partial charge in [0.15, 0.2) is 0 Å². The summed E-state index contributed by atoms with van der Waals surface area (Å²) in [6.45, 7) is 4.28. The lowest BCUT2D eigenvalue weighted by Gasteiger charge is -2.08. The molecule has 0 fully saturated rings. The van der Waals surface area contributed by atoms with E-state index >= 15 is 0 Å². The van der Waals surface area contributed by atoms with Crippen LogP contribution in [0.2, 0.25) is 0 Å². The van der Waals surface area contributed by atoms with Crippen LogP contribution < -0.4 is 0 Å². The van der Waals surface area contributed by atoms with Gasteiger partial charge in [-0.3, -0.25) is 0 Å². The van der Waals surface area contributed by atoms with Crippen molar-refractivity contribution in [1.29, 1.82) is 0 Å². The molecule has 0 aromatic rings. The highest BCUT2D eigenvalue weighted by atomic mass is 14.2. The number of fused-ring (bicyclic) bond motifs is 1. The lowest BCUT2D eigenvalue weighted by molar-refractivity contribution is 0.940. The minimum absolute atomic E-state index is 0.486. The van der Waals surface area contributed by atoms with E-state index in [1.807, 2.05) is 0 Å². The Hall–Kier alpha value is -1.04. The van der Waals surface area contributed by atoms with E-state index in [9.17, 15) is 0 Å². The van der Waals surface area contributed by atoms with Gasteiger partial charge in [0, 0.05) is 12.3 Å². The Morgan fingerprint density at radius 3 is 2.75 bits per heavy atom. The zero-order chi connectivity index (χ0) is 8.55. The molecule has 0 aliphatic heterocycles. The Labute approximate surface area is 74.0 Å². The summed E-state index contributed by atoms with van der Waals surface area (Å²) in [5, 5.41) is 0. The van der Waals surface area contributed by atoms with Crippen LogP contribution in [0.1, 0.15) is 13.8 Å². The van der Waals surface area contributed by atoms with Gasteiger partial charge in [-0.2, -0.15) is 0 Å². The van der Waals surface area contributed by atoms with Crippen LogP contribution in [0, 0.1) is 12.3 Å². The fraction of sp³-hybridized carbons (Fsp3) is 0.250. The minimum atomic E-state index is 0.486. The Morgan fingerprint density at radius 1 is 1.17 bits per heavy atom. The maximum atomic E-state index is 3.36. The van der Waals surface area contributed by atoms with Crippen molar-refractivity contribution < 1.29 is 0 Å². The van der Waals surface area contributed by atoms with Crippen molar-refractivity contribution in [3.63, 3.8) is 0 Å². The number of allylic oxidation sites excluding steroid dienone is 8. The standard InChI is InChI=1S/C12H12/c1-9-7-11-6-4-3-5-10(2)12(11)8-9/h3-6,8,12H,1-2H3. The molecule has 60 valence electrons. The Kier molecular flexibility index (Phi) is 1.76. The van der Waals surface area contributed by atoms with Crippen LogP contribution in [-0.2, 0) is 0 Å². The van der Waals surface area contributed by atoms with E-state index in [0.717, 1.165) is 0 Å². The van der Waals surface area contributed by atoms with Crippen LogP contribution in [0.25, 0.3) is 0 Å². The highest BCUT2D eigenvalue weighted by Crippen LogP contribution is 2.34. The highest BCUT2D eigenvalue weighted by Gasteiger charge is 2.21. The van der Waals surface area contributed by atoms with E-state index in [4.69, 9.17) is 0 Å². The van der Waals surface area contributed by atoms with Gasteiger partial charge in [0.1, 0.15) is 0 Å². The first-order chi connectivity index (χ1) is 5.77. The van der Waals surface area contributed by atoms with Gasteiger partial charge >= 0.3 is 0 Å². The molecule has 2 radical (unpaired) electrons. The minimum Gasteiger partial charge on any atom is -0.0734 e. The highest BCUT2D eigenvalue weighted by molar-refractivity contribution is 5.48. The van der Waals surface area contributed by atoms with Crippen LogP contribution in [-0.4, -0.2) is 0 Å². The quantitative estimate of drug-likeness (QED) is 0.505. The summed E-state index contributed by atoms with van der Waals surface area (Å²) in [6.07, 6.45) is 14.1. The molecule has 0 saturated heterocycles. The van der Waals surface area contributed by atoms with Gasteiger partial charge in [-0.15, -0.1) is 0 Å². The molecule has 0 saturated carbocycles. The summed E-state index contributed by atoms with van der Waals surface area (Å²) in [5.41, 5.74) is 3.96. The monoisotopic (exact) mass is 156 g/mol. The molecule has 0 amide bonds. The van der Waals surface area contributed by atoms with E-state index in [1.165, 1.54) is 16.7 Å². The zero-order valence-corrected chi connectivity index (χ0v) is 7.46. The fourth-order valence-electron chi connectivity index (χ4n) is 1.68. The first-order valence-corrected chi connectivity index (χ1v) is 4.28.